The van der Waals surface area contributed by atoms with Crippen LogP contribution in [0.5, 0.6) is 0 Å². The molecule has 4 aromatic carbocycles. The number of nitrogens with zero attached hydrogens (tertiary/aromatic N) is 4. The average Bonchev–Trinajstić information content (AvgIpc) is 3.31. The van der Waals surface area contributed by atoms with Gasteiger partial charge in [-0.3, -0.25) is 0 Å². The van der Waals surface area contributed by atoms with E-state index in [0.717, 1.165) is 26.2 Å². The van der Waals surface area contributed by atoms with Crippen molar-refractivity contribution < 1.29 is 114 Å². The van der Waals surface area contributed by atoms with Crippen molar-refractivity contribution in [1.29, 1.82) is 0 Å². The largest absolute Gasteiger partial charge is 1.00 e. The molecule has 0 aliphatic carbocycles. The quantitative estimate of drug-likeness (QED) is 0.0565. The van der Waals surface area contributed by atoms with Crippen LogP contribution in [0.2, 0.25) is 0 Å². The molecule has 0 fully saturated rings. The molecule has 4 aromatic heterocycles. The molecule has 0 spiro atoms. The molecule has 0 aliphatic heterocycles. The van der Waals surface area contributed by atoms with E-state index in [1.165, 1.54) is 158 Å². The van der Waals surface area contributed by atoms with Crippen molar-refractivity contribution in [3.8, 4) is 0 Å². The molecular formula is C58H74I6N4. The summed E-state index contributed by atoms with van der Waals surface area (Å²) in [4.78, 5) is 0. The summed E-state index contributed by atoms with van der Waals surface area (Å²) < 4.78 is 9.78. The minimum atomic E-state index is 0. The maximum atomic E-state index is 2.49. The van der Waals surface area contributed by atoms with Crippen molar-refractivity contribution in [2.24, 2.45) is 0 Å². The van der Waals surface area contributed by atoms with Crippen LogP contribution in [0, 0.1) is 13.8 Å². The highest BCUT2D eigenvalue weighted by Gasteiger charge is 2.13. The van der Waals surface area contributed by atoms with E-state index in [0.29, 0.717) is 0 Å². The number of rotatable bonds is 22. The third-order valence-electron chi connectivity index (χ3n) is 13.0. The first-order valence-electron chi connectivity index (χ1n) is 24.2. The van der Waals surface area contributed by atoms with Crippen molar-refractivity contribution in [1.82, 2.24) is 0 Å². The lowest BCUT2D eigenvalue weighted by atomic mass is 10.1. The molecular weight excluding hydrogens is 1510 g/mol. The van der Waals surface area contributed by atoms with Crippen molar-refractivity contribution in [2.75, 3.05) is 0 Å². The molecule has 0 bridgehead atoms. The highest BCUT2D eigenvalue weighted by atomic mass is 127. The molecule has 0 amide bonds. The third kappa shape index (κ3) is 20.1. The molecule has 10 heteroatoms. The van der Waals surface area contributed by atoms with E-state index in [4.69, 9.17) is 0 Å². The monoisotopic (exact) mass is 1590 g/mol. The summed E-state index contributed by atoms with van der Waals surface area (Å²) in [6.45, 7) is 8.98. The summed E-state index contributed by atoms with van der Waals surface area (Å²) in [5, 5.41) is 5.35. The lowest BCUT2D eigenvalue weighted by Crippen LogP contribution is -3.00. The molecule has 4 heterocycles. The standard InChI is InChI=1S/C30H38N2.C28H34N2.6HI/c1-25-19-21-27-15-9-11-17-29(27)31(25)23-13-7-5-3-4-6-8-14-24-32-26(2)20-22-28-16-10-12-18-30(28)32;1(3-5-11-21-29-23-13-17-25-15-7-9-19-27(25)29)2-4-6-12-22-30-24-14-18-26-16-8-10-20-28(26)30;;;;;;/h9-12,15-22H,3-8,13-14,23-24H2,1-2H3;7-10,13-20,23-24H,1-6,11-12,21-22H2;6*1H/q2*+2;;;;;;/p-4. The van der Waals surface area contributed by atoms with Crippen LogP contribution in [0.1, 0.15) is 114 Å². The van der Waals surface area contributed by atoms with E-state index >= 15 is 0 Å². The van der Waals surface area contributed by atoms with Crippen LogP contribution >= 0.6 is 48.0 Å². The molecule has 0 atom stereocenters. The van der Waals surface area contributed by atoms with Crippen molar-refractivity contribution in [3.63, 3.8) is 0 Å². The van der Waals surface area contributed by atoms with Crippen LogP contribution in [0.25, 0.3) is 43.6 Å². The maximum absolute atomic E-state index is 2.49. The highest BCUT2D eigenvalue weighted by Crippen LogP contribution is 2.16. The van der Waals surface area contributed by atoms with Gasteiger partial charge in [0.05, 0.1) is 0 Å². The minimum absolute atomic E-state index is 0. The van der Waals surface area contributed by atoms with Gasteiger partial charge in [0.2, 0.25) is 22.1 Å². The second-order valence-electron chi connectivity index (χ2n) is 17.5. The molecule has 0 N–H and O–H groups in total. The molecule has 8 aromatic rings. The molecule has 0 aliphatic rings. The number of aryl methyl sites for hydroxylation is 6. The Labute approximate surface area is 511 Å². The summed E-state index contributed by atoms with van der Waals surface area (Å²) in [5.41, 5.74) is 8.16. The lowest BCUT2D eigenvalue weighted by molar-refractivity contribution is -0.678. The van der Waals surface area contributed by atoms with Crippen molar-refractivity contribution in [2.45, 2.75) is 143 Å². The second kappa shape index (κ2) is 36.8. The van der Waals surface area contributed by atoms with E-state index in [9.17, 15) is 0 Å². The molecule has 0 radical (unpaired) electrons. The van der Waals surface area contributed by atoms with Gasteiger partial charge in [-0.05, 0) is 74.2 Å². The third-order valence-corrected chi connectivity index (χ3v) is 13.0. The summed E-state index contributed by atoms with van der Waals surface area (Å²) in [5.74, 6) is 0. The van der Waals surface area contributed by atoms with Gasteiger partial charge in [0.15, 0.2) is 23.8 Å². The van der Waals surface area contributed by atoms with E-state index < -0.39 is 0 Å². The van der Waals surface area contributed by atoms with Gasteiger partial charge in [0.1, 0.15) is 26.2 Å². The number of hydrogen-bond donors (Lipinski definition) is 0. The molecule has 4 nitrogen and oxygen atoms in total. The van der Waals surface area contributed by atoms with Crippen LogP contribution in [-0.2, 0) is 26.2 Å². The number of unbranched alkanes of at least 4 members (excludes halogenated alkanes) is 14. The first-order valence-corrected chi connectivity index (χ1v) is 24.2. The minimum Gasteiger partial charge on any atom is -1.00 e. The smallest absolute Gasteiger partial charge is 0.212 e. The normalized spacial score (nSPS) is 10.4. The van der Waals surface area contributed by atoms with Gasteiger partial charge in [0, 0.05) is 110 Å². The van der Waals surface area contributed by atoms with Crippen LogP contribution in [0.15, 0.2) is 158 Å². The van der Waals surface area contributed by atoms with Gasteiger partial charge in [-0.25, -0.2) is 0 Å². The Morgan fingerprint density at radius 2 is 0.515 bits per heavy atom. The fourth-order valence-electron chi connectivity index (χ4n) is 9.38. The van der Waals surface area contributed by atoms with Gasteiger partial charge in [-0.15, -0.1) is 48.0 Å². The number of aromatic nitrogens is 4. The number of hydrogen-bond acceptors (Lipinski definition) is 0. The number of benzene rings is 4. The zero-order valence-electron chi connectivity index (χ0n) is 40.3. The zero-order valence-corrected chi connectivity index (χ0v) is 53.6. The fourth-order valence-corrected chi connectivity index (χ4v) is 9.38. The number of halogens is 6. The Morgan fingerprint density at radius 1 is 0.265 bits per heavy atom. The van der Waals surface area contributed by atoms with E-state index in [1.54, 1.807) is 0 Å². The Morgan fingerprint density at radius 3 is 0.853 bits per heavy atom. The lowest BCUT2D eigenvalue weighted by Gasteiger charge is -2.06. The van der Waals surface area contributed by atoms with Gasteiger partial charge >= 0.3 is 0 Å². The van der Waals surface area contributed by atoms with Crippen LogP contribution in [-0.4, -0.2) is 0 Å². The fraction of sp³-hybridized carbons (Fsp3) is 0.379. The van der Waals surface area contributed by atoms with Crippen LogP contribution < -0.4 is 114 Å². The summed E-state index contributed by atoms with van der Waals surface area (Å²) in [6.07, 6.45) is 25.8. The summed E-state index contributed by atoms with van der Waals surface area (Å²) >= 11 is 0. The molecule has 0 unspecified atom stereocenters. The first-order chi connectivity index (χ1) is 30.7. The Bertz CT molecular complexity index is 2430. The van der Waals surface area contributed by atoms with Crippen molar-refractivity contribution in [3.05, 3.63) is 169 Å². The van der Waals surface area contributed by atoms with Crippen LogP contribution in [0.4, 0.5) is 0 Å². The second-order valence-corrected chi connectivity index (χ2v) is 17.5. The van der Waals surface area contributed by atoms with Gasteiger partial charge in [-0.1, -0.05) is 99.9 Å². The number of pyridine rings is 4. The SMILES string of the molecule is Cc1ccc2ccccc2[n+]1CCCCCCCCCC[n+]1c(C)ccc2ccccc21.I.I.[I-].[I-].[I-].[I-].c1ccc2c(c1)ccc[n+]2CCCCCCCCCC[n+]1cccc2ccccc21. The Kier molecular flexibility index (Phi) is 35.1. The summed E-state index contributed by atoms with van der Waals surface area (Å²) in [7, 11) is 0. The molecule has 0 saturated heterocycles. The number of fused-ring (bicyclic) bond motifs is 4. The van der Waals surface area contributed by atoms with Gasteiger partial charge < -0.3 is 95.9 Å². The molecule has 68 heavy (non-hydrogen) atoms. The van der Waals surface area contributed by atoms with Crippen LogP contribution in [0.3, 0.4) is 0 Å². The van der Waals surface area contributed by atoms with E-state index in [-0.39, 0.29) is 144 Å². The van der Waals surface area contributed by atoms with E-state index in [2.05, 4.69) is 190 Å². The first kappa shape index (κ1) is 64.9. The predicted molar refractivity (Wildman–Crippen MR) is 291 cm³/mol. The number of para-hydroxylation sites is 4. The topological polar surface area (TPSA) is 15.5 Å². The maximum Gasteiger partial charge on any atom is 0.212 e. The molecule has 368 valence electrons. The Balaban J connectivity index is 0.000000626. The van der Waals surface area contributed by atoms with Crippen molar-refractivity contribution >= 4 is 91.6 Å². The molecule has 8 rings (SSSR count). The van der Waals surface area contributed by atoms with Gasteiger partial charge in [0.25, 0.3) is 0 Å². The Hall–Kier alpha value is -1.10. The van der Waals surface area contributed by atoms with Gasteiger partial charge in [-0.2, -0.15) is 18.3 Å². The highest BCUT2D eigenvalue weighted by molar-refractivity contribution is 14.0. The van der Waals surface area contributed by atoms with E-state index in [1.807, 2.05) is 0 Å². The average molecular weight is 1590 g/mol. The molecule has 0 saturated carbocycles. The zero-order chi connectivity index (χ0) is 42.6. The predicted octanol–water partition coefficient (Wildman–Crippen LogP) is 2.65. The summed E-state index contributed by atoms with van der Waals surface area (Å²) in [6, 6.07) is 52.6.